The van der Waals surface area contributed by atoms with Gasteiger partial charge >= 0.3 is 0 Å². The number of hydrogen-bond donors (Lipinski definition) is 4. The molecule has 4 N–H and O–H groups in total. The molecule has 1 aliphatic heterocycles. The molecule has 0 unspecified atom stereocenters. The molecule has 1 saturated heterocycles. The SMILES string of the molecule is CN/C(=C(/F)C=N)c1cc(N2CC[C@@H](O)C[C@H]2C)n2cnc(-c3ccn[nH]3)c2n1. The first-order chi connectivity index (χ1) is 14.0. The lowest BCUT2D eigenvalue weighted by atomic mass is 10.0. The molecule has 2 atom stereocenters. The molecule has 0 amide bonds. The van der Waals surface area contributed by atoms with Gasteiger partial charge in [-0.2, -0.15) is 5.10 Å². The summed E-state index contributed by atoms with van der Waals surface area (Å²) in [6, 6.07) is 3.67. The van der Waals surface area contributed by atoms with Crippen LogP contribution in [0, 0.1) is 5.41 Å². The van der Waals surface area contributed by atoms with Gasteiger partial charge in [0.2, 0.25) is 0 Å². The Morgan fingerprint density at radius 3 is 2.97 bits per heavy atom. The van der Waals surface area contributed by atoms with Crippen LogP contribution in [-0.2, 0) is 0 Å². The molecule has 9 nitrogen and oxygen atoms in total. The molecule has 1 aliphatic rings. The van der Waals surface area contributed by atoms with Gasteiger partial charge in [0.15, 0.2) is 11.5 Å². The first kappa shape index (κ1) is 19.1. The number of anilines is 1. The van der Waals surface area contributed by atoms with Crippen molar-refractivity contribution in [2.24, 2.45) is 0 Å². The average molecular weight is 398 g/mol. The second-order valence-corrected chi connectivity index (χ2v) is 7.09. The minimum absolute atomic E-state index is 0.0878. The number of piperidine rings is 1. The zero-order valence-corrected chi connectivity index (χ0v) is 16.2. The molecule has 3 aromatic rings. The molecule has 4 rings (SSSR count). The van der Waals surface area contributed by atoms with E-state index in [9.17, 15) is 9.50 Å². The van der Waals surface area contributed by atoms with Crippen LogP contribution in [0.2, 0.25) is 0 Å². The highest BCUT2D eigenvalue weighted by molar-refractivity contribution is 5.86. The second-order valence-electron chi connectivity index (χ2n) is 7.09. The van der Waals surface area contributed by atoms with Crippen LogP contribution in [0.3, 0.4) is 0 Å². The van der Waals surface area contributed by atoms with Crippen LogP contribution >= 0.6 is 0 Å². The predicted octanol–water partition coefficient (Wildman–Crippen LogP) is 1.98. The summed E-state index contributed by atoms with van der Waals surface area (Å²) in [6.07, 6.45) is 4.94. The van der Waals surface area contributed by atoms with Crippen molar-refractivity contribution in [1.29, 1.82) is 5.41 Å². The largest absolute Gasteiger partial charge is 0.393 e. The Labute approximate surface area is 166 Å². The van der Waals surface area contributed by atoms with E-state index in [0.717, 1.165) is 5.82 Å². The number of imidazole rings is 1. The molecular weight excluding hydrogens is 375 g/mol. The van der Waals surface area contributed by atoms with Crippen molar-refractivity contribution in [3.8, 4) is 11.4 Å². The van der Waals surface area contributed by atoms with Gasteiger partial charge in [-0.15, -0.1) is 0 Å². The molecule has 10 heteroatoms. The van der Waals surface area contributed by atoms with E-state index in [1.54, 1.807) is 31.7 Å². The average Bonchev–Trinajstić information content (AvgIpc) is 3.37. The lowest BCUT2D eigenvalue weighted by molar-refractivity contribution is 0.131. The number of aliphatic hydroxyl groups excluding tert-OH is 1. The normalized spacial score (nSPS) is 20.6. The number of aliphatic hydroxyl groups is 1. The fraction of sp³-hybridized carbons (Fsp3) is 0.368. The quantitative estimate of drug-likeness (QED) is 0.488. The maximum absolute atomic E-state index is 14.3. The molecule has 0 saturated carbocycles. The summed E-state index contributed by atoms with van der Waals surface area (Å²) in [5, 5.41) is 27.0. The Bertz CT molecular complexity index is 1060. The summed E-state index contributed by atoms with van der Waals surface area (Å²) in [7, 11) is 1.59. The van der Waals surface area contributed by atoms with E-state index in [1.165, 1.54) is 0 Å². The summed E-state index contributed by atoms with van der Waals surface area (Å²) in [5.41, 5.74) is 2.35. The highest BCUT2D eigenvalue weighted by atomic mass is 19.1. The van der Waals surface area contributed by atoms with E-state index in [-0.39, 0.29) is 17.8 Å². The van der Waals surface area contributed by atoms with Crippen molar-refractivity contribution < 1.29 is 9.50 Å². The van der Waals surface area contributed by atoms with Gasteiger partial charge in [-0.25, -0.2) is 14.4 Å². The number of H-pyrrole nitrogens is 1. The second kappa shape index (κ2) is 7.63. The molecule has 0 aliphatic carbocycles. The lowest BCUT2D eigenvalue weighted by Gasteiger charge is -2.37. The molecule has 152 valence electrons. The van der Waals surface area contributed by atoms with Crippen LogP contribution in [0.15, 0.2) is 30.5 Å². The van der Waals surface area contributed by atoms with Crippen LogP contribution in [0.5, 0.6) is 0 Å². The summed E-state index contributed by atoms with van der Waals surface area (Å²) in [4.78, 5) is 11.3. The van der Waals surface area contributed by atoms with E-state index in [4.69, 9.17) is 5.41 Å². The Morgan fingerprint density at radius 1 is 1.48 bits per heavy atom. The van der Waals surface area contributed by atoms with E-state index in [2.05, 4.69) is 30.4 Å². The molecule has 0 aromatic carbocycles. The third-order valence-electron chi connectivity index (χ3n) is 5.25. The third-order valence-corrected chi connectivity index (χ3v) is 5.25. The summed E-state index contributed by atoms with van der Waals surface area (Å²) < 4.78 is 16.2. The van der Waals surface area contributed by atoms with Crippen LogP contribution in [0.4, 0.5) is 10.2 Å². The zero-order chi connectivity index (χ0) is 20.5. The third kappa shape index (κ3) is 3.35. The molecule has 0 spiro atoms. The number of rotatable bonds is 5. The standard InChI is InChI=1S/C19H23FN8O/c1-11-7-12(29)4-6-27(11)16-8-15(17(22-2)13(20)9-21)25-19-18(23-10-28(16)19)14-3-5-24-26-14/h3,5,8-12,21-22,29H,4,6-7H2,1-2H3,(H,24,26)/b17-13+,21-9?/t11-,12-/m1/s1. The fourth-order valence-corrected chi connectivity index (χ4v) is 3.81. The number of nitrogens with zero attached hydrogens (tertiary/aromatic N) is 5. The maximum Gasteiger partial charge on any atom is 0.168 e. The summed E-state index contributed by atoms with van der Waals surface area (Å²) in [5.74, 6) is 0.0909. The van der Waals surface area contributed by atoms with E-state index in [0.29, 0.717) is 48.3 Å². The monoisotopic (exact) mass is 398 g/mol. The highest BCUT2D eigenvalue weighted by Crippen LogP contribution is 2.31. The minimum atomic E-state index is -0.708. The Hall–Kier alpha value is -3.27. The number of aromatic amines is 1. The topological polar surface area (TPSA) is 118 Å². The molecule has 3 aromatic heterocycles. The van der Waals surface area contributed by atoms with Gasteiger partial charge in [-0.1, -0.05) is 0 Å². The van der Waals surface area contributed by atoms with Crippen molar-refractivity contribution in [3.05, 3.63) is 36.2 Å². The van der Waals surface area contributed by atoms with Crippen molar-refractivity contribution in [3.63, 3.8) is 0 Å². The van der Waals surface area contributed by atoms with E-state index >= 15 is 0 Å². The summed E-state index contributed by atoms with van der Waals surface area (Å²) >= 11 is 0. The Balaban J connectivity index is 1.95. The Morgan fingerprint density at radius 2 is 2.31 bits per heavy atom. The molecule has 0 bridgehead atoms. The highest BCUT2D eigenvalue weighted by Gasteiger charge is 2.27. The predicted molar refractivity (Wildman–Crippen MR) is 108 cm³/mol. The van der Waals surface area contributed by atoms with Crippen molar-refractivity contribution in [2.45, 2.75) is 31.9 Å². The first-order valence-corrected chi connectivity index (χ1v) is 9.44. The van der Waals surface area contributed by atoms with Crippen molar-refractivity contribution in [2.75, 3.05) is 18.5 Å². The van der Waals surface area contributed by atoms with E-state index < -0.39 is 5.83 Å². The van der Waals surface area contributed by atoms with Crippen LogP contribution in [-0.4, -0.2) is 61.6 Å². The lowest BCUT2D eigenvalue weighted by Crippen LogP contribution is -2.43. The molecule has 0 radical (unpaired) electrons. The van der Waals surface area contributed by atoms with Gasteiger partial charge < -0.3 is 20.7 Å². The smallest absolute Gasteiger partial charge is 0.168 e. The summed E-state index contributed by atoms with van der Waals surface area (Å²) in [6.45, 7) is 2.71. The van der Waals surface area contributed by atoms with Crippen LogP contribution in [0.1, 0.15) is 25.5 Å². The maximum atomic E-state index is 14.3. The van der Waals surface area contributed by atoms with Gasteiger partial charge in [-0.05, 0) is 25.8 Å². The van der Waals surface area contributed by atoms with Crippen LogP contribution in [0.25, 0.3) is 22.7 Å². The first-order valence-electron chi connectivity index (χ1n) is 9.44. The van der Waals surface area contributed by atoms with Crippen molar-refractivity contribution >= 4 is 23.4 Å². The number of hydrogen-bond acceptors (Lipinski definition) is 7. The molecule has 4 heterocycles. The van der Waals surface area contributed by atoms with Gasteiger partial charge in [0.05, 0.1) is 29.4 Å². The van der Waals surface area contributed by atoms with Gasteiger partial charge in [0, 0.05) is 31.9 Å². The molecular formula is C19H23FN8O. The van der Waals surface area contributed by atoms with Gasteiger partial charge in [-0.3, -0.25) is 9.50 Å². The van der Waals surface area contributed by atoms with Crippen molar-refractivity contribution in [1.82, 2.24) is 29.9 Å². The van der Waals surface area contributed by atoms with Gasteiger partial charge in [0.25, 0.3) is 0 Å². The molecule has 1 fully saturated rings. The zero-order valence-electron chi connectivity index (χ0n) is 16.2. The van der Waals surface area contributed by atoms with E-state index in [1.807, 2.05) is 11.3 Å². The molecule has 29 heavy (non-hydrogen) atoms. The fourth-order valence-electron chi connectivity index (χ4n) is 3.81. The Kier molecular flexibility index (Phi) is 5.01. The minimum Gasteiger partial charge on any atom is -0.393 e. The number of halogens is 1. The van der Waals surface area contributed by atoms with Crippen LogP contribution < -0.4 is 10.2 Å². The van der Waals surface area contributed by atoms with Gasteiger partial charge in [0.1, 0.15) is 17.8 Å². The number of aromatic nitrogens is 5. The number of fused-ring (bicyclic) bond motifs is 1. The number of allylic oxidation sites excluding steroid dienone is 1. The number of nitrogens with one attached hydrogen (secondary N) is 3.